The number of rotatable bonds is 17. The number of hydrogen-bond donors (Lipinski definition) is 2. The Morgan fingerprint density at radius 1 is 0.489 bits per heavy atom. The first-order chi connectivity index (χ1) is 41.1. The fourth-order valence-corrected chi connectivity index (χ4v) is 5.93. The number of carbonyl (C=O) groups excluding carboxylic acids is 2. The van der Waals surface area contributed by atoms with Gasteiger partial charge in [0, 0.05) is 11.8 Å². The Bertz CT molecular complexity index is 2160. The molecule has 0 radical (unpaired) electrons. The third-order valence-electron chi connectivity index (χ3n) is 9.53. The van der Waals surface area contributed by atoms with Crippen LogP contribution in [0.3, 0.4) is 0 Å². The minimum absolute atomic E-state index is 0.0757. The normalized spacial score (nSPS) is 13.5. The Kier molecular flexibility index (Phi) is 56.4. The number of ether oxygens (including phenoxy) is 2. The monoisotopic (exact) mass is 1680 g/mol. The van der Waals surface area contributed by atoms with Gasteiger partial charge in [0.25, 0.3) is 0 Å². The van der Waals surface area contributed by atoms with Crippen molar-refractivity contribution in [2.45, 2.75) is 136 Å². The zero-order chi connectivity index (χ0) is 76.4. The van der Waals surface area contributed by atoms with Crippen molar-refractivity contribution in [3.05, 3.63) is 77.4 Å². The first-order valence-electron chi connectivity index (χ1n) is 22.8. The van der Waals surface area contributed by atoms with Gasteiger partial charge < -0.3 is 19.7 Å². The first kappa shape index (κ1) is 107. The standard InChI is InChI=1S/C24H22BrF17O3.C11H11F3O.C5H8BrFO2.C2H5F.6CH2F2.BrH.Cu/c1-15(2,9-13(25)11-5-7-12(8-6-11)16(3,44)24(40,41)42)14(43)45-10-18(28,29)20(32,33)22(36,37)23(38,39)21(34,35)19(30,31)17(4,26)27;1-3-8-4-6-9(7-5-8)10(2,15)11(12,13)14;1-5(2,6)4(8)9-3-7;1-2-3;6*2-1-3;;/h5-8,13,44H,9-10H2,1-4H3;3-7,15H,1H2,2H3;3H2,1-2H3;2H2,1H3;6*1H2;1H;/q;;;;;;;;;;;+1/p-1. The molecule has 2 N–H and O–H groups in total. The SMILES string of the molecule is C=Cc1ccc(C(C)(O)C(F)(F)F)cc1.CC(C)(Br)C(=O)OCF.CC(C)(CC(Br)c1ccc(C(C)(O)C(F)(F)F)cc1)C(=O)OCC(F)(F)C(F)(F)C(F)(F)C(F)(F)C(F)(F)C(F)(F)C(C)(F)F.CCF.FCF.FCF.FCF.FCF.FCF.FCF.[Cu][Br]. The van der Waals surface area contributed by atoms with Gasteiger partial charge in [0.05, 0.1) is 12.1 Å². The summed E-state index contributed by atoms with van der Waals surface area (Å²) in [5, 5.41) is 19.0. The summed E-state index contributed by atoms with van der Waals surface area (Å²) in [6.45, 7) is -5.16. The maximum atomic E-state index is 14.1. The van der Waals surface area contributed by atoms with E-state index in [-0.39, 0.29) is 17.8 Å². The van der Waals surface area contributed by atoms with E-state index in [4.69, 9.17) is 0 Å². The van der Waals surface area contributed by atoms with Crippen molar-refractivity contribution in [1.82, 2.24) is 0 Å². The summed E-state index contributed by atoms with van der Waals surface area (Å²) in [6, 6.07) is 9.10. The van der Waals surface area contributed by atoms with Crippen LogP contribution in [0.25, 0.3) is 6.08 Å². The van der Waals surface area contributed by atoms with Crippen LogP contribution in [0.4, 0.5) is 149 Å². The number of aliphatic hydroxyl groups is 2. The molecule has 0 fully saturated rings. The second kappa shape index (κ2) is 48.3. The van der Waals surface area contributed by atoms with Crippen LogP contribution >= 0.6 is 46.0 Å². The van der Waals surface area contributed by atoms with Gasteiger partial charge >= 0.3 is 94.1 Å². The average Bonchev–Trinajstić information content (AvgIpc) is 0.705. The molecule has 0 aromatic heterocycles. The van der Waals surface area contributed by atoms with Crippen molar-refractivity contribution in [2.75, 3.05) is 61.7 Å². The first-order valence-corrected chi connectivity index (χ1v) is 26.9. The second-order valence-corrected chi connectivity index (χ2v) is 20.2. The van der Waals surface area contributed by atoms with Crippen LogP contribution in [0, 0.1) is 5.41 Å². The molecule has 2 rings (SSSR count). The summed E-state index contributed by atoms with van der Waals surface area (Å²) in [4.78, 5) is 21.8. The van der Waals surface area contributed by atoms with Crippen LogP contribution in [0.1, 0.15) is 88.9 Å². The molecule has 3 atom stereocenters. The molecule has 0 bridgehead atoms. The second-order valence-electron chi connectivity index (χ2n) is 17.1. The molecule has 0 amide bonds. The van der Waals surface area contributed by atoms with Gasteiger partial charge in [-0.2, -0.15) is 87.8 Å². The van der Waals surface area contributed by atoms with Crippen molar-refractivity contribution in [2.24, 2.45) is 5.41 Å². The third kappa shape index (κ3) is 36.1. The van der Waals surface area contributed by atoms with Crippen molar-refractivity contribution >= 4 is 64.0 Å². The third-order valence-corrected chi connectivity index (χ3v) is 10.7. The maximum absolute atomic E-state index is 14.1. The van der Waals surface area contributed by atoms with Gasteiger partial charge in [0.2, 0.25) is 48.4 Å². The fourth-order valence-electron chi connectivity index (χ4n) is 4.70. The average molecular weight is 1680 g/mol. The molecule has 0 aliphatic heterocycles. The molecular formula is C48H58Br3CuF34O6. The summed E-state index contributed by atoms with van der Waals surface area (Å²) in [5.74, 6) is -55.1. The topological polar surface area (TPSA) is 93.1 Å². The molecule has 0 aliphatic carbocycles. The number of alkyl halides is 36. The number of esters is 2. The van der Waals surface area contributed by atoms with Gasteiger partial charge in [-0.05, 0) is 77.1 Å². The zero-order valence-corrected chi connectivity index (χ0v) is 53.6. The quantitative estimate of drug-likeness (QED) is 0.0709. The number of hydrogen-bond acceptors (Lipinski definition) is 6. The molecule has 0 aliphatic rings. The molecule has 92 heavy (non-hydrogen) atoms. The predicted octanol–water partition coefficient (Wildman–Crippen LogP) is 21.2. The van der Waals surface area contributed by atoms with E-state index in [1.54, 1.807) is 13.8 Å². The van der Waals surface area contributed by atoms with Gasteiger partial charge in [-0.3, -0.25) is 14.0 Å². The molecule has 2 aromatic rings. The number of carbonyl (C=O) groups is 2. The summed E-state index contributed by atoms with van der Waals surface area (Å²) >= 11 is 12.5. The molecule has 6 nitrogen and oxygen atoms in total. The molecule has 44 heteroatoms. The van der Waals surface area contributed by atoms with E-state index in [9.17, 15) is 169 Å². The van der Waals surface area contributed by atoms with Crippen LogP contribution in [0.2, 0.25) is 0 Å². The van der Waals surface area contributed by atoms with Gasteiger partial charge in [-0.15, -0.1) is 0 Å². The summed E-state index contributed by atoms with van der Waals surface area (Å²) in [5.41, 5.74) is -8.21. The van der Waals surface area contributed by atoms with Crippen LogP contribution in [0.5, 0.6) is 0 Å². The van der Waals surface area contributed by atoms with E-state index in [1.165, 1.54) is 37.3 Å². The Morgan fingerprint density at radius 2 is 0.750 bits per heavy atom. The van der Waals surface area contributed by atoms with Gasteiger partial charge in [0.1, 0.15) is 4.32 Å². The minimum atomic E-state index is -8.24. The Hall–Kier alpha value is -3.38. The van der Waals surface area contributed by atoms with E-state index in [1.807, 2.05) is 0 Å². The van der Waals surface area contributed by atoms with Gasteiger partial charge in [-0.25, -0.2) is 57.1 Å². The molecule has 0 spiro atoms. The summed E-state index contributed by atoms with van der Waals surface area (Å²) in [6.07, 6.45) is -8.83. The van der Waals surface area contributed by atoms with Crippen LogP contribution < -0.4 is 0 Å². The van der Waals surface area contributed by atoms with E-state index in [2.05, 4.69) is 76.2 Å². The summed E-state index contributed by atoms with van der Waals surface area (Å²) in [7, 11) is 0. The zero-order valence-electron chi connectivity index (χ0n) is 47.9. The van der Waals surface area contributed by atoms with Crippen LogP contribution in [-0.4, -0.2) is 142 Å². The van der Waals surface area contributed by atoms with Crippen molar-refractivity contribution in [1.29, 1.82) is 0 Å². The van der Waals surface area contributed by atoms with Crippen molar-refractivity contribution in [3.63, 3.8) is 0 Å². The number of halogens is 37. The van der Waals surface area contributed by atoms with Crippen LogP contribution in [0.15, 0.2) is 55.1 Å². The Balaban J connectivity index is -0.000000168. The Labute approximate surface area is 535 Å². The van der Waals surface area contributed by atoms with Crippen LogP contribution in [-0.2, 0) is 44.5 Å². The molecule has 0 saturated carbocycles. The fraction of sp³-hybridized carbons (Fsp3) is 0.667. The van der Waals surface area contributed by atoms with E-state index in [0.29, 0.717) is 12.5 Å². The van der Waals surface area contributed by atoms with E-state index in [0.717, 1.165) is 45.0 Å². The van der Waals surface area contributed by atoms with Gasteiger partial charge in [0.15, 0.2) is 17.8 Å². The molecule has 556 valence electrons. The van der Waals surface area contributed by atoms with Crippen molar-refractivity contribution < 1.29 is 193 Å². The molecule has 3 unspecified atom stereocenters. The van der Waals surface area contributed by atoms with E-state index < -0.39 is 165 Å². The van der Waals surface area contributed by atoms with E-state index >= 15 is 0 Å². The van der Waals surface area contributed by atoms with Crippen molar-refractivity contribution in [3.8, 4) is 0 Å². The summed E-state index contributed by atoms with van der Waals surface area (Å²) < 4.78 is 411. The molecule has 0 saturated heterocycles. The Morgan fingerprint density at radius 3 is 0.978 bits per heavy atom. The number of benzene rings is 2. The predicted molar refractivity (Wildman–Crippen MR) is 274 cm³/mol. The van der Waals surface area contributed by atoms with Gasteiger partial charge in [-0.1, -0.05) is 93.0 Å². The molecule has 0 heterocycles. The molecule has 2 aromatic carbocycles. The molecular weight excluding hydrogens is 1620 g/mol.